The molecule has 1 aromatic carbocycles. The van der Waals surface area contributed by atoms with Gasteiger partial charge in [0.2, 0.25) is 5.95 Å². The molecule has 0 saturated carbocycles. The fraction of sp³-hybridized carbons (Fsp3) is 0.231. The van der Waals surface area contributed by atoms with Crippen LogP contribution in [0.25, 0.3) is 0 Å². The molecule has 0 spiro atoms. The summed E-state index contributed by atoms with van der Waals surface area (Å²) >= 11 is 7.44. The Labute approximate surface area is 133 Å². The lowest BCUT2D eigenvalue weighted by atomic mass is 10.4. The largest absolute Gasteiger partial charge is 0.354 e. The van der Waals surface area contributed by atoms with Gasteiger partial charge in [-0.3, -0.25) is 0 Å². The first-order valence-corrected chi connectivity index (χ1v) is 9.23. The van der Waals surface area contributed by atoms with Crippen LogP contribution in [-0.2, 0) is 9.84 Å². The van der Waals surface area contributed by atoms with Crippen molar-refractivity contribution in [2.75, 3.05) is 18.1 Å². The second-order valence-corrected chi connectivity index (χ2v) is 7.71. The summed E-state index contributed by atoms with van der Waals surface area (Å²) in [6.45, 7) is 2.67. The standard InChI is InChI=1S/C13H14ClN3O2S2/c1-3-15-13-16-8-11(14)12(17-13)20-9-4-6-10(7-5-9)21(2,18)19/h4-8H,3H2,1-2H3,(H,15,16,17). The third-order valence-corrected chi connectivity index (χ3v) is 5.04. The summed E-state index contributed by atoms with van der Waals surface area (Å²) in [6.07, 6.45) is 2.72. The van der Waals surface area contributed by atoms with Gasteiger partial charge >= 0.3 is 0 Å². The molecule has 0 aliphatic heterocycles. The molecule has 0 radical (unpaired) electrons. The van der Waals surface area contributed by atoms with E-state index in [2.05, 4.69) is 15.3 Å². The molecule has 1 heterocycles. The Hall–Kier alpha value is -1.31. The van der Waals surface area contributed by atoms with Gasteiger partial charge in [-0.25, -0.2) is 18.4 Å². The average Bonchev–Trinajstić information content (AvgIpc) is 2.42. The number of sulfone groups is 1. The normalized spacial score (nSPS) is 11.4. The van der Waals surface area contributed by atoms with E-state index in [-0.39, 0.29) is 4.90 Å². The molecule has 1 N–H and O–H groups in total. The van der Waals surface area contributed by atoms with Gasteiger partial charge in [0.1, 0.15) is 5.03 Å². The minimum absolute atomic E-state index is 0.286. The fourth-order valence-electron chi connectivity index (χ4n) is 1.53. The number of rotatable bonds is 5. The second-order valence-electron chi connectivity index (χ2n) is 4.22. The lowest BCUT2D eigenvalue weighted by Crippen LogP contribution is -2.02. The van der Waals surface area contributed by atoms with E-state index in [1.807, 2.05) is 6.92 Å². The van der Waals surface area contributed by atoms with E-state index in [4.69, 9.17) is 11.6 Å². The molecule has 2 rings (SSSR count). The molecule has 5 nitrogen and oxygen atoms in total. The molecule has 1 aromatic heterocycles. The minimum atomic E-state index is -3.19. The van der Waals surface area contributed by atoms with Crippen molar-refractivity contribution in [2.24, 2.45) is 0 Å². The number of hydrogen-bond acceptors (Lipinski definition) is 6. The van der Waals surface area contributed by atoms with Crippen LogP contribution in [0, 0.1) is 0 Å². The minimum Gasteiger partial charge on any atom is -0.354 e. The lowest BCUT2D eigenvalue weighted by Gasteiger charge is -2.07. The molecule has 0 bridgehead atoms. The number of benzene rings is 1. The SMILES string of the molecule is CCNc1ncc(Cl)c(Sc2ccc(S(C)(=O)=O)cc2)n1. The van der Waals surface area contributed by atoms with Crippen LogP contribution in [-0.4, -0.2) is 31.2 Å². The summed E-state index contributed by atoms with van der Waals surface area (Å²) in [5.41, 5.74) is 0. The highest BCUT2D eigenvalue weighted by Gasteiger charge is 2.10. The zero-order valence-electron chi connectivity index (χ0n) is 11.5. The molecule has 112 valence electrons. The smallest absolute Gasteiger partial charge is 0.223 e. The van der Waals surface area contributed by atoms with E-state index in [9.17, 15) is 8.42 Å². The number of anilines is 1. The van der Waals surface area contributed by atoms with Crippen LogP contribution >= 0.6 is 23.4 Å². The molecule has 21 heavy (non-hydrogen) atoms. The quantitative estimate of drug-likeness (QED) is 0.841. The van der Waals surface area contributed by atoms with E-state index in [0.29, 0.717) is 16.0 Å². The first kappa shape index (κ1) is 16.1. The van der Waals surface area contributed by atoms with E-state index in [1.165, 1.54) is 18.0 Å². The Balaban J connectivity index is 2.23. The van der Waals surface area contributed by atoms with Crippen LogP contribution in [0.2, 0.25) is 5.02 Å². The Morgan fingerprint density at radius 3 is 2.52 bits per heavy atom. The number of hydrogen-bond donors (Lipinski definition) is 1. The predicted octanol–water partition coefficient (Wildman–Crippen LogP) is 3.12. The molecule has 2 aromatic rings. The van der Waals surface area contributed by atoms with Crippen LogP contribution < -0.4 is 5.32 Å². The van der Waals surface area contributed by atoms with Gasteiger partial charge in [-0.05, 0) is 31.2 Å². The summed E-state index contributed by atoms with van der Waals surface area (Å²) < 4.78 is 22.8. The van der Waals surface area contributed by atoms with E-state index < -0.39 is 9.84 Å². The number of halogens is 1. The molecule has 0 saturated heterocycles. The summed E-state index contributed by atoms with van der Waals surface area (Å²) in [7, 11) is -3.19. The summed E-state index contributed by atoms with van der Waals surface area (Å²) in [4.78, 5) is 9.53. The molecule has 0 atom stereocenters. The van der Waals surface area contributed by atoms with Crippen LogP contribution in [0.4, 0.5) is 5.95 Å². The first-order valence-electron chi connectivity index (χ1n) is 6.14. The highest BCUT2D eigenvalue weighted by molar-refractivity contribution is 7.99. The molecule has 0 fully saturated rings. The van der Waals surface area contributed by atoms with Gasteiger partial charge in [-0.1, -0.05) is 23.4 Å². The first-order chi connectivity index (χ1) is 9.90. The van der Waals surface area contributed by atoms with Gasteiger partial charge in [-0.2, -0.15) is 0 Å². The van der Waals surface area contributed by atoms with Crippen molar-refractivity contribution >= 4 is 39.1 Å². The summed E-state index contributed by atoms with van der Waals surface area (Å²) in [5.74, 6) is 0.511. The van der Waals surface area contributed by atoms with E-state index in [0.717, 1.165) is 11.4 Å². The molecule has 0 aliphatic carbocycles. The maximum absolute atomic E-state index is 11.4. The van der Waals surface area contributed by atoms with Crippen molar-refractivity contribution in [3.05, 3.63) is 35.5 Å². The number of nitrogens with one attached hydrogen (secondary N) is 1. The number of nitrogens with zero attached hydrogens (tertiary/aromatic N) is 2. The Kier molecular flexibility index (Phi) is 5.08. The Bertz CT molecular complexity index is 734. The number of aromatic nitrogens is 2. The zero-order valence-corrected chi connectivity index (χ0v) is 13.9. The fourth-order valence-corrected chi connectivity index (χ4v) is 3.15. The monoisotopic (exact) mass is 343 g/mol. The van der Waals surface area contributed by atoms with Gasteiger partial charge in [0, 0.05) is 17.7 Å². The average molecular weight is 344 g/mol. The van der Waals surface area contributed by atoms with Crippen molar-refractivity contribution in [3.63, 3.8) is 0 Å². The van der Waals surface area contributed by atoms with Gasteiger partial charge in [0.15, 0.2) is 9.84 Å². The molecule has 8 heteroatoms. The molecule has 0 aliphatic rings. The van der Waals surface area contributed by atoms with Crippen molar-refractivity contribution < 1.29 is 8.42 Å². The van der Waals surface area contributed by atoms with E-state index >= 15 is 0 Å². The second kappa shape index (κ2) is 6.64. The van der Waals surface area contributed by atoms with Gasteiger partial charge < -0.3 is 5.32 Å². The van der Waals surface area contributed by atoms with Gasteiger partial charge in [0.05, 0.1) is 16.1 Å². The maximum atomic E-state index is 11.4. The zero-order chi connectivity index (χ0) is 15.5. The van der Waals surface area contributed by atoms with E-state index in [1.54, 1.807) is 30.5 Å². The highest BCUT2D eigenvalue weighted by atomic mass is 35.5. The summed E-state index contributed by atoms with van der Waals surface area (Å²) in [5, 5.41) is 4.09. The molecule has 0 unspecified atom stereocenters. The van der Waals surface area contributed by atoms with Crippen molar-refractivity contribution in [3.8, 4) is 0 Å². The van der Waals surface area contributed by atoms with Crippen molar-refractivity contribution in [1.29, 1.82) is 0 Å². The Morgan fingerprint density at radius 1 is 1.29 bits per heavy atom. The Morgan fingerprint density at radius 2 is 1.95 bits per heavy atom. The van der Waals surface area contributed by atoms with Crippen LogP contribution in [0.5, 0.6) is 0 Å². The maximum Gasteiger partial charge on any atom is 0.223 e. The van der Waals surface area contributed by atoms with Crippen molar-refractivity contribution in [1.82, 2.24) is 9.97 Å². The van der Waals surface area contributed by atoms with Crippen LogP contribution in [0.1, 0.15) is 6.92 Å². The molecule has 0 amide bonds. The van der Waals surface area contributed by atoms with Gasteiger partial charge in [-0.15, -0.1) is 0 Å². The molecular weight excluding hydrogens is 330 g/mol. The van der Waals surface area contributed by atoms with Crippen LogP contribution in [0.3, 0.4) is 0 Å². The van der Waals surface area contributed by atoms with Crippen molar-refractivity contribution in [2.45, 2.75) is 21.7 Å². The highest BCUT2D eigenvalue weighted by Crippen LogP contribution is 2.32. The summed E-state index contributed by atoms with van der Waals surface area (Å²) in [6, 6.07) is 6.59. The third kappa shape index (κ3) is 4.33. The third-order valence-electron chi connectivity index (χ3n) is 2.51. The lowest BCUT2D eigenvalue weighted by molar-refractivity contribution is 0.602. The van der Waals surface area contributed by atoms with Gasteiger partial charge in [0.25, 0.3) is 0 Å². The molecular formula is C13H14ClN3O2S2. The van der Waals surface area contributed by atoms with Crippen LogP contribution in [0.15, 0.2) is 45.3 Å². The topological polar surface area (TPSA) is 72.0 Å². The predicted molar refractivity (Wildman–Crippen MR) is 84.9 cm³/mol.